The van der Waals surface area contributed by atoms with Gasteiger partial charge in [0, 0.05) is 37.0 Å². The standard InChI is InChI=1S/C44H58FN7O8S/c1-4-30-24-44(30)42(56)49-61(58,59)38-20-10-9-17-34(38)46-21-12-7-5-6-8-18-35(47-39(53)36-19-11-13-22-51(36)28(2)3)41(55)52-26-31(23-37(52)40(54)48-44)60-43(57)50-25-29-15-14-16-33(45)32(29)27-50/h4,9-10,14-17,20,28,30-31,35-37,46H,1,5-8,11-13,18-19,21-27H2,2-3H3,(H,47,53)(H,48,54)(H,49,56)/t30-,31-,35+,36-,37+,44-/m1/s1. The molecule has 17 heteroatoms. The van der Waals surface area contributed by atoms with Crippen LogP contribution in [0.3, 0.4) is 0 Å². The van der Waals surface area contributed by atoms with Crippen LogP contribution in [0, 0.1) is 11.7 Å². The molecule has 0 radical (unpaired) electrons. The largest absolute Gasteiger partial charge is 0.444 e. The molecule has 61 heavy (non-hydrogen) atoms. The Kier molecular flexibility index (Phi) is 13.4. The molecule has 2 aromatic rings. The van der Waals surface area contributed by atoms with Crippen molar-refractivity contribution in [2.45, 2.75) is 138 Å². The Labute approximate surface area is 357 Å². The lowest BCUT2D eigenvalue weighted by Gasteiger charge is -2.38. The molecule has 2 aromatic carbocycles. The van der Waals surface area contributed by atoms with E-state index >= 15 is 0 Å². The minimum atomic E-state index is -4.42. The van der Waals surface area contributed by atoms with Gasteiger partial charge in [-0.05, 0) is 76.3 Å². The van der Waals surface area contributed by atoms with Crippen LogP contribution < -0.4 is 20.7 Å². The number of hydrogen-bond donors (Lipinski definition) is 4. The van der Waals surface area contributed by atoms with E-state index in [1.807, 2.05) is 13.8 Å². The summed E-state index contributed by atoms with van der Waals surface area (Å²) in [6.07, 6.45) is 6.18. The number of benzene rings is 2. The van der Waals surface area contributed by atoms with Gasteiger partial charge in [-0.1, -0.05) is 62.4 Å². The van der Waals surface area contributed by atoms with E-state index in [-0.39, 0.29) is 49.3 Å². The van der Waals surface area contributed by atoms with Crippen molar-refractivity contribution in [1.82, 2.24) is 30.1 Å². The zero-order valence-electron chi connectivity index (χ0n) is 35.0. The monoisotopic (exact) mass is 863 g/mol. The van der Waals surface area contributed by atoms with Crippen molar-refractivity contribution in [2.75, 3.05) is 25.0 Å². The van der Waals surface area contributed by atoms with E-state index < -0.39 is 75.3 Å². The number of ether oxygens (including phenoxy) is 1. The highest BCUT2D eigenvalue weighted by molar-refractivity contribution is 7.90. The minimum Gasteiger partial charge on any atom is -0.444 e. The third kappa shape index (κ3) is 9.57. The second-order valence-electron chi connectivity index (χ2n) is 17.3. The van der Waals surface area contributed by atoms with Crippen LogP contribution in [0.15, 0.2) is 60.0 Å². The molecule has 0 aromatic heterocycles. The number of nitrogens with zero attached hydrogens (tertiary/aromatic N) is 3. The molecule has 1 aliphatic carbocycles. The molecule has 4 N–H and O–H groups in total. The summed E-state index contributed by atoms with van der Waals surface area (Å²) in [5.74, 6) is -3.55. The van der Waals surface area contributed by atoms with Crippen LogP contribution >= 0.6 is 0 Å². The highest BCUT2D eigenvalue weighted by Crippen LogP contribution is 2.45. The molecule has 2 saturated heterocycles. The first kappa shape index (κ1) is 44.0. The predicted molar refractivity (Wildman–Crippen MR) is 225 cm³/mol. The van der Waals surface area contributed by atoms with Crippen molar-refractivity contribution < 1.29 is 41.5 Å². The highest BCUT2D eigenvalue weighted by atomic mass is 32.2. The number of amides is 5. The van der Waals surface area contributed by atoms with Crippen molar-refractivity contribution in [3.05, 3.63) is 72.1 Å². The normalized spacial score (nSPS) is 28.7. The number of nitrogens with one attached hydrogen (secondary N) is 4. The number of hydrogen-bond acceptors (Lipinski definition) is 10. The molecule has 6 atom stereocenters. The van der Waals surface area contributed by atoms with Crippen LogP contribution in [0.4, 0.5) is 14.9 Å². The first-order valence-electron chi connectivity index (χ1n) is 21.7. The van der Waals surface area contributed by atoms with Gasteiger partial charge < -0.3 is 25.6 Å². The summed E-state index contributed by atoms with van der Waals surface area (Å²) < 4.78 is 50.2. The van der Waals surface area contributed by atoms with Gasteiger partial charge in [0.25, 0.3) is 15.9 Å². The van der Waals surface area contributed by atoms with Gasteiger partial charge >= 0.3 is 6.09 Å². The number of carbonyl (C=O) groups is 5. The first-order valence-corrected chi connectivity index (χ1v) is 23.1. The van der Waals surface area contributed by atoms with Gasteiger partial charge in [0.2, 0.25) is 17.7 Å². The Morgan fingerprint density at radius 2 is 1.74 bits per heavy atom. The van der Waals surface area contributed by atoms with Crippen molar-refractivity contribution in [1.29, 1.82) is 0 Å². The van der Waals surface area contributed by atoms with E-state index in [2.05, 4.69) is 32.2 Å². The quantitative estimate of drug-likeness (QED) is 0.316. The topological polar surface area (TPSA) is 187 Å². The molecule has 0 bridgehead atoms. The molecule has 7 rings (SSSR count). The number of likely N-dealkylation sites (tertiary alicyclic amines) is 1. The van der Waals surface area contributed by atoms with Crippen molar-refractivity contribution in [2.24, 2.45) is 5.92 Å². The van der Waals surface area contributed by atoms with Gasteiger partial charge in [-0.2, -0.15) is 0 Å². The number of carbonyl (C=O) groups excluding carboxylic acids is 5. The van der Waals surface area contributed by atoms with Gasteiger partial charge in [-0.25, -0.2) is 22.3 Å². The molecule has 15 nitrogen and oxygen atoms in total. The van der Waals surface area contributed by atoms with Crippen molar-refractivity contribution in [3.8, 4) is 0 Å². The summed E-state index contributed by atoms with van der Waals surface area (Å²) in [4.78, 5) is 75.8. The molecule has 4 aliphatic heterocycles. The lowest BCUT2D eigenvalue weighted by molar-refractivity contribution is -0.143. The van der Waals surface area contributed by atoms with Crippen LogP contribution in [0.25, 0.3) is 0 Å². The maximum absolute atomic E-state index is 14.9. The second kappa shape index (κ2) is 18.5. The van der Waals surface area contributed by atoms with Gasteiger partial charge in [0.1, 0.15) is 34.4 Å². The number of anilines is 1. The van der Waals surface area contributed by atoms with E-state index in [4.69, 9.17) is 4.74 Å². The van der Waals surface area contributed by atoms with E-state index in [9.17, 15) is 36.8 Å². The van der Waals surface area contributed by atoms with Gasteiger partial charge in [-0.3, -0.25) is 29.0 Å². The van der Waals surface area contributed by atoms with Crippen LogP contribution in [0.1, 0.15) is 95.6 Å². The third-order valence-corrected chi connectivity index (χ3v) is 14.3. The van der Waals surface area contributed by atoms with Gasteiger partial charge in [-0.15, -0.1) is 6.58 Å². The van der Waals surface area contributed by atoms with E-state index in [0.717, 1.165) is 45.1 Å². The number of piperidine rings is 1. The first-order chi connectivity index (χ1) is 29.2. The van der Waals surface area contributed by atoms with Crippen LogP contribution in [-0.4, -0.2) is 108 Å². The fourth-order valence-electron chi connectivity index (χ4n) is 9.36. The molecule has 330 valence electrons. The van der Waals surface area contributed by atoms with Crippen LogP contribution in [-0.2, 0) is 47.0 Å². The molecule has 1 spiro atoms. The van der Waals surface area contributed by atoms with Crippen LogP contribution in [0.2, 0.25) is 0 Å². The van der Waals surface area contributed by atoms with Crippen molar-refractivity contribution in [3.63, 3.8) is 0 Å². The summed E-state index contributed by atoms with van der Waals surface area (Å²) in [6.45, 7) is 9.05. The van der Waals surface area contributed by atoms with E-state index in [0.29, 0.717) is 42.6 Å². The SMILES string of the molecule is C=C[C@@H]1C[C@@]12NC(=O)[C@@H]1C[C@@H](OC(=O)N3Cc4cccc(F)c4C3)CN1C(=O)[C@@H](NC(=O)[C@H]1CCCCN1C(C)C)CCCCCCCNc1ccccc1S(=O)(=O)NC2=O. The maximum atomic E-state index is 14.9. The number of rotatable bonds is 5. The summed E-state index contributed by atoms with van der Waals surface area (Å²) in [5.41, 5.74) is -0.319. The smallest absolute Gasteiger partial charge is 0.410 e. The molecule has 0 unspecified atom stereocenters. The fourth-order valence-corrected chi connectivity index (χ4v) is 10.6. The molecule has 3 fully saturated rings. The number of sulfonamides is 1. The average Bonchev–Trinajstić information content (AvgIpc) is 3.52. The van der Waals surface area contributed by atoms with Gasteiger partial charge in [0.15, 0.2) is 0 Å². The lowest BCUT2D eigenvalue weighted by atomic mass is 9.98. The summed E-state index contributed by atoms with van der Waals surface area (Å²) >= 11 is 0. The Morgan fingerprint density at radius 3 is 2.49 bits per heavy atom. The Hall–Kier alpha value is -5.03. The zero-order valence-corrected chi connectivity index (χ0v) is 35.8. The molecule has 5 amide bonds. The highest BCUT2D eigenvalue weighted by Gasteiger charge is 2.61. The lowest BCUT2D eigenvalue weighted by Crippen LogP contribution is -2.59. The summed E-state index contributed by atoms with van der Waals surface area (Å²) in [6, 6.07) is 8.34. The van der Waals surface area contributed by atoms with Gasteiger partial charge in [0.05, 0.1) is 24.8 Å². The van der Waals surface area contributed by atoms with Crippen LogP contribution in [0.5, 0.6) is 0 Å². The Bertz CT molecular complexity index is 2140. The Balaban J connectivity index is 1.18. The van der Waals surface area contributed by atoms with E-state index in [1.165, 1.54) is 28.0 Å². The maximum Gasteiger partial charge on any atom is 0.410 e. The number of fused-ring (bicyclic) bond motifs is 3. The number of para-hydroxylation sites is 1. The molecule has 4 heterocycles. The predicted octanol–water partition coefficient (Wildman–Crippen LogP) is 4.33. The molecular weight excluding hydrogens is 806 g/mol. The molecule has 1 saturated carbocycles. The molecule has 5 aliphatic rings. The summed E-state index contributed by atoms with van der Waals surface area (Å²) in [7, 11) is -4.42. The Morgan fingerprint density at radius 1 is 0.984 bits per heavy atom. The van der Waals surface area contributed by atoms with E-state index in [1.54, 1.807) is 30.3 Å². The average molecular weight is 864 g/mol. The summed E-state index contributed by atoms with van der Waals surface area (Å²) in [5, 5.41) is 9.04. The molecular formula is C44H58FN7O8S. The third-order valence-electron chi connectivity index (χ3n) is 12.9. The van der Waals surface area contributed by atoms with Crippen molar-refractivity contribution >= 4 is 45.4 Å². The fraction of sp³-hybridized carbons (Fsp3) is 0.568. The number of halogens is 1. The minimum absolute atomic E-state index is 0.00714. The second-order valence-corrected chi connectivity index (χ2v) is 19.0. The zero-order chi connectivity index (χ0) is 43.5.